The van der Waals surface area contributed by atoms with E-state index in [9.17, 15) is 0 Å². The van der Waals surface area contributed by atoms with E-state index in [1.165, 1.54) is 43.6 Å². The molecule has 2 bridgehead atoms. The van der Waals surface area contributed by atoms with Gasteiger partial charge in [0.25, 0.3) is 0 Å². The number of rotatable bonds is 5. The van der Waals surface area contributed by atoms with Gasteiger partial charge in [0.2, 0.25) is 0 Å². The van der Waals surface area contributed by atoms with Crippen LogP contribution in [-0.4, -0.2) is 16.3 Å². The van der Waals surface area contributed by atoms with Gasteiger partial charge in [0.05, 0.1) is 11.4 Å². The number of hydrogen-bond donors (Lipinski definition) is 1. The van der Waals surface area contributed by atoms with E-state index in [0.29, 0.717) is 0 Å². The number of aromatic nitrogens is 2. The van der Waals surface area contributed by atoms with Crippen LogP contribution < -0.4 is 5.32 Å². The third-order valence-corrected chi connectivity index (χ3v) is 4.99. The lowest BCUT2D eigenvalue weighted by Crippen LogP contribution is -2.26. The second kappa shape index (κ2) is 5.04. The summed E-state index contributed by atoms with van der Waals surface area (Å²) < 4.78 is 2.02. The molecule has 2 aliphatic rings. The molecule has 0 saturated heterocycles. The Labute approximate surface area is 110 Å². The molecule has 1 aromatic heterocycles. The molecule has 1 heterocycles. The lowest BCUT2D eigenvalue weighted by molar-refractivity contribution is 0.317. The molecule has 0 spiro atoms. The van der Waals surface area contributed by atoms with Gasteiger partial charge in [0.1, 0.15) is 0 Å². The summed E-state index contributed by atoms with van der Waals surface area (Å²) in [6.07, 6.45) is 7.01. The Kier molecular flexibility index (Phi) is 3.42. The van der Waals surface area contributed by atoms with Crippen molar-refractivity contribution in [3.05, 3.63) is 17.5 Å². The van der Waals surface area contributed by atoms with Crippen LogP contribution in [0, 0.1) is 17.8 Å². The van der Waals surface area contributed by atoms with Crippen LogP contribution in [0.2, 0.25) is 0 Å². The van der Waals surface area contributed by atoms with Gasteiger partial charge in [-0.1, -0.05) is 13.3 Å². The molecule has 3 nitrogen and oxygen atoms in total. The normalized spacial score (nSPS) is 30.2. The van der Waals surface area contributed by atoms with E-state index in [4.69, 9.17) is 0 Å². The molecular formula is C15H25N3. The first kappa shape index (κ1) is 12.2. The van der Waals surface area contributed by atoms with Crippen LogP contribution in [0.1, 0.15) is 44.0 Å². The highest BCUT2D eigenvalue weighted by atomic mass is 15.3. The zero-order chi connectivity index (χ0) is 12.5. The van der Waals surface area contributed by atoms with Gasteiger partial charge < -0.3 is 5.32 Å². The van der Waals surface area contributed by atoms with Crippen LogP contribution in [0.5, 0.6) is 0 Å². The fraction of sp³-hybridized carbons (Fsp3) is 0.800. The van der Waals surface area contributed by atoms with Gasteiger partial charge in [0, 0.05) is 13.6 Å². The Morgan fingerprint density at radius 3 is 2.89 bits per heavy atom. The van der Waals surface area contributed by atoms with E-state index < -0.39 is 0 Å². The Bertz CT molecular complexity index is 410. The Hall–Kier alpha value is -0.830. The molecule has 1 N–H and O–H groups in total. The molecule has 2 aliphatic carbocycles. The van der Waals surface area contributed by atoms with Gasteiger partial charge in [-0.2, -0.15) is 5.10 Å². The molecule has 0 aromatic carbocycles. The maximum Gasteiger partial charge on any atom is 0.0625 e. The quantitative estimate of drug-likeness (QED) is 0.866. The number of fused-ring (bicyclic) bond motifs is 2. The summed E-state index contributed by atoms with van der Waals surface area (Å²) in [5, 5.41) is 8.14. The monoisotopic (exact) mass is 247 g/mol. The Morgan fingerprint density at radius 1 is 1.39 bits per heavy atom. The third kappa shape index (κ3) is 2.33. The first-order valence-electron chi connectivity index (χ1n) is 7.48. The van der Waals surface area contributed by atoms with Crippen molar-refractivity contribution in [2.45, 2.75) is 45.6 Å². The molecule has 3 rings (SSSR count). The van der Waals surface area contributed by atoms with Gasteiger partial charge in [-0.15, -0.1) is 0 Å². The standard InChI is InChI=1S/C15H25N3/c1-3-14-8-15(18(2)17-14)10-16-9-13-7-11-4-5-12(13)6-11/h8,11-13,16H,3-7,9-10H2,1-2H3. The number of nitrogens with one attached hydrogen (secondary N) is 1. The van der Waals surface area contributed by atoms with Crippen molar-refractivity contribution in [1.82, 2.24) is 15.1 Å². The molecule has 3 unspecified atom stereocenters. The van der Waals surface area contributed by atoms with Crippen LogP contribution in [0.25, 0.3) is 0 Å². The Morgan fingerprint density at radius 2 is 2.28 bits per heavy atom. The van der Waals surface area contributed by atoms with Gasteiger partial charge >= 0.3 is 0 Å². The average molecular weight is 247 g/mol. The maximum absolute atomic E-state index is 4.49. The summed E-state index contributed by atoms with van der Waals surface area (Å²) in [6, 6.07) is 2.23. The van der Waals surface area contributed by atoms with Crippen LogP contribution in [0.4, 0.5) is 0 Å². The third-order valence-electron chi connectivity index (χ3n) is 4.99. The van der Waals surface area contributed by atoms with Crippen LogP contribution in [0.3, 0.4) is 0 Å². The van der Waals surface area contributed by atoms with E-state index in [1.807, 2.05) is 11.7 Å². The van der Waals surface area contributed by atoms with Crippen molar-refractivity contribution in [1.29, 1.82) is 0 Å². The highest BCUT2D eigenvalue weighted by Gasteiger charge is 2.38. The van der Waals surface area contributed by atoms with E-state index in [2.05, 4.69) is 23.4 Å². The van der Waals surface area contributed by atoms with Crippen molar-refractivity contribution in [3.8, 4) is 0 Å². The molecule has 2 saturated carbocycles. The summed E-state index contributed by atoms with van der Waals surface area (Å²) in [5.41, 5.74) is 2.52. The van der Waals surface area contributed by atoms with E-state index >= 15 is 0 Å². The van der Waals surface area contributed by atoms with E-state index in [0.717, 1.165) is 30.7 Å². The molecule has 2 fully saturated rings. The molecule has 18 heavy (non-hydrogen) atoms. The van der Waals surface area contributed by atoms with Crippen LogP contribution >= 0.6 is 0 Å². The van der Waals surface area contributed by atoms with Crippen molar-refractivity contribution in [2.24, 2.45) is 24.8 Å². The maximum atomic E-state index is 4.49. The Balaban J connectivity index is 1.48. The van der Waals surface area contributed by atoms with Crippen molar-refractivity contribution >= 4 is 0 Å². The lowest BCUT2D eigenvalue weighted by Gasteiger charge is -2.21. The number of nitrogens with zero attached hydrogens (tertiary/aromatic N) is 2. The summed E-state index contributed by atoms with van der Waals surface area (Å²) in [4.78, 5) is 0. The highest BCUT2D eigenvalue weighted by molar-refractivity contribution is 5.09. The molecule has 1 aromatic rings. The fourth-order valence-electron chi connectivity index (χ4n) is 3.92. The predicted molar refractivity (Wildman–Crippen MR) is 73.2 cm³/mol. The minimum absolute atomic E-state index is 0.947. The molecule has 3 atom stereocenters. The second-order valence-corrected chi connectivity index (χ2v) is 6.17. The fourth-order valence-corrected chi connectivity index (χ4v) is 3.92. The largest absolute Gasteiger partial charge is 0.311 e. The van der Waals surface area contributed by atoms with Crippen LogP contribution in [0.15, 0.2) is 6.07 Å². The first-order chi connectivity index (χ1) is 8.76. The van der Waals surface area contributed by atoms with Gasteiger partial charge in [-0.05, 0) is 56.0 Å². The van der Waals surface area contributed by atoms with Gasteiger partial charge in [-0.25, -0.2) is 0 Å². The van der Waals surface area contributed by atoms with Gasteiger partial charge in [-0.3, -0.25) is 4.68 Å². The molecule has 3 heteroatoms. The smallest absolute Gasteiger partial charge is 0.0625 e. The molecule has 100 valence electrons. The van der Waals surface area contributed by atoms with E-state index in [1.54, 1.807) is 0 Å². The number of aryl methyl sites for hydroxylation is 2. The SMILES string of the molecule is CCc1cc(CNCC2CC3CCC2C3)n(C)n1. The first-order valence-corrected chi connectivity index (χ1v) is 7.48. The van der Waals surface area contributed by atoms with Crippen LogP contribution in [-0.2, 0) is 20.0 Å². The lowest BCUT2D eigenvalue weighted by atomic mass is 9.89. The van der Waals surface area contributed by atoms with Crippen molar-refractivity contribution in [3.63, 3.8) is 0 Å². The molecule has 0 radical (unpaired) electrons. The van der Waals surface area contributed by atoms with Crippen molar-refractivity contribution in [2.75, 3.05) is 6.54 Å². The summed E-state index contributed by atoms with van der Waals surface area (Å²) in [6.45, 7) is 4.33. The second-order valence-electron chi connectivity index (χ2n) is 6.17. The zero-order valence-corrected chi connectivity index (χ0v) is 11.7. The molecular weight excluding hydrogens is 222 g/mol. The minimum Gasteiger partial charge on any atom is -0.311 e. The zero-order valence-electron chi connectivity index (χ0n) is 11.7. The van der Waals surface area contributed by atoms with Crippen molar-refractivity contribution < 1.29 is 0 Å². The highest BCUT2D eigenvalue weighted by Crippen LogP contribution is 2.47. The van der Waals surface area contributed by atoms with E-state index in [-0.39, 0.29) is 0 Å². The minimum atomic E-state index is 0.947. The average Bonchev–Trinajstić information content (AvgIpc) is 3.05. The predicted octanol–water partition coefficient (Wildman–Crippen LogP) is 2.51. The van der Waals surface area contributed by atoms with Gasteiger partial charge in [0.15, 0.2) is 0 Å². The summed E-state index contributed by atoms with van der Waals surface area (Å²) in [7, 11) is 2.05. The topological polar surface area (TPSA) is 29.9 Å². The summed E-state index contributed by atoms with van der Waals surface area (Å²) >= 11 is 0. The molecule has 0 amide bonds. The number of hydrogen-bond acceptors (Lipinski definition) is 2. The molecule has 0 aliphatic heterocycles. The summed E-state index contributed by atoms with van der Waals surface area (Å²) in [5.74, 6) is 3.04.